The number of aryl methyl sites for hydroxylation is 2. The third-order valence-electron chi connectivity index (χ3n) is 4.40. The zero-order valence-corrected chi connectivity index (χ0v) is 14.3. The highest BCUT2D eigenvalue weighted by atomic mass is 32.1. The summed E-state index contributed by atoms with van der Waals surface area (Å²) in [6, 6.07) is 6.48. The SMILES string of the molecule is Nc1c(C(=O)Nc2cccc(C(F)(F)F)c2)sc2nc3c(cc12)CCC3. The van der Waals surface area contributed by atoms with Crippen LogP contribution in [0.2, 0.25) is 0 Å². The lowest BCUT2D eigenvalue weighted by molar-refractivity contribution is -0.137. The van der Waals surface area contributed by atoms with E-state index in [0.29, 0.717) is 10.5 Å². The number of pyridine rings is 1. The Kier molecular flexibility index (Phi) is 3.87. The van der Waals surface area contributed by atoms with Crippen LogP contribution in [0.25, 0.3) is 10.2 Å². The van der Waals surface area contributed by atoms with Crippen molar-refractivity contribution >= 4 is 38.8 Å². The number of nitrogens with two attached hydrogens (primary N) is 1. The highest BCUT2D eigenvalue weighted by Crippen LogP contribution is 2.36. The second-order valence-electron chi connectivity index (χ2n) is 6.18. The average molecular weight is 377 g/mol. The average Bonchev–Trinajstić information content (AvgIpc) is 3.17. The lowest BCUT2D eigenvalue weighted by Crippen LogP contribution is -2.13. The Balaban J connectivity index is 1.66. The molecule has 4 nitrogen and oxygen atoms in total. The molecule has 3 aromatic rings. The van der Waals surface area contributed by atoms with Gasteiger partial charge in [0.1, 0.15) is 9.71 Å². The van der Waals surface area contributed by atoms with E-state index < -0.39 is 17.6 Å². The van der Waals surface area contributed by atoms with Crippen molar-refractivity contribution in [1.29, 1.82) is 0 Å². The molecule has 8 heteroatoms. The van der Waals surface area contributed by atoms with Crippen molar-refractivity contribution in [3.63, 3.8) is 0 Å². The van der Waals surface area contributed by atoms with Crippen LogP contribution in [0.1, 0.15) is 32.9 Å². The van der Waals surface area contributed by atoms with Crippen LogP contribution in [0.4, 0.5) is 24.5 Å². The molecule has 0 radical (unpaired) electrons. The molecule has 3 N–H and O–H groups in total. The highest BCUT2D eigenvalue weighted by Gasteiger charge is 2.30. The number of nitrogen functional groups attached to an aromatic ring is 1. The number of rotatable bonds is 2. The summed E-state index contributed by atoms with van der Waals surface area (Å²) in [5, 5.41) is 3.22. The third-order valence-corrected chi connectivity index (χ3v) is 5.52. The summed E-state index contributed by atoms with van der Waals surface area (Å²) in [4.78, 5) is 18.0. The molecule has 2 heterocycles. The van der Waals surface area contributed by atoms with Crippen molar-refractivity contribution in [3.8, 4) is 0 Å². The van der Waals surface area contributed by atoms with Crippen molar-refractivity contribution in [3.05, 3.63) is 52.0 Å². The van der Waals surface area contributed by atoms with Crippen LogP contribution in [0.15, 0.2) is 30.3 Å². The molecule has 134 valence electrons. The maximum atomic E-state index is 12.8. The van der Waals surface area contributed by atoms with E-state index >= 15 is 0 Å². The van der Waals surface area contributed by atoms with Gasteiger partial charge in [0.15, 0.2) is 0 Å². The summed E-state index contributed by atoms with van der Waals surface area (Å²) in [6.45, 7) is 0. The number of alkyl halides is 3. The summed E-state index contributed by atoms with van der Waals surface area (Å²) in [6.07, 6.45) is -1.56. The van der Waals surface area contributed by atoms with Gasteiger partial charge in [0, 0.05) is 16.8 Å². The summed E-state index contributed by atoms with van der Waals surface area (Å²) in [7, 11) is 0. The molecule has 0 saturated heterocycles. The number of nitrogens with zero attached hydrogens (tertiary/aromatic N) is 1. The van der Waals surface area contributed by atoms with Gasteiger partial charge < -0.3 is 11.1 Å². The topological polar surface area (TPSA) is 68.0 Å². The smallest absolute Gasteiger partial charge is 0.397 e. The number of thiophene rings is 1. The van der Waals surface area contributed by atoms with Crippen LogP contribution in [0.5, 0.6) is 0 Å². The molecule has 0 unspecified atom stereocenters. The fourth-order valence-corrected chi connectivity index (χ4v) is 4.12. The number of fused-ring (bicyclic) bond motifs is 2. The molecule has 1 aliphatic rings. The van der Waals surface area contributed by atoms with Gasteiger partial charge in [-0.2, -0.15) is 13.2 Å². The number of halogens is 3. The van der Waals surface area contributed by atoms with Crippen molar-refractivity contribution in [1.82, 2.24) is 4.98 Å². The highest BCUT2D eigenvalue weighted by molar-refractivity contribution is 7.21. The van der Waals surface area contributed by atoms with E-state index in [4.69, 9.17) is 5.73 Å². The van der Waals surface area contributed by atoms with Gasteiger partial charge in [-0.15, -0.1) is 11.3 Å². The fourth-order valence-electron chi connectivity index (χ4n) is 3.13. The minimum atomic E-state index is -4.47. The van der Waals surface area contributed by atoms with Crippen molar-refractivity contribution in [2.24, 2.45) is 0 Å². The van der Waals surface area contributed by atoms with E-state index in [2.05, 4.69) is 10.3 Å². The first-order chi connectivity index (χ1) is 12.3. The molecular weight excluding hydrogens is 363 g/mol. The molecule has 0 aliphatic heterocycles. The van der Waals surface area contributed by atoms with Crippen LogP contribution >= 0.6 is 11.3 Å². The fraction of sp³-hybridized carbons (Fsp3) is 0.222. The minimum Gasteiger partial charge on any atom is -0.397 e. The van der Waals surface area contributed by atoms with Crippen LogP contribution < -0.4 is 11.1 Å². The Morgan fingerprint density at radius 1 is 1.23 bits per heavy atom. The quantitative estimate of drug-likeness (QED) is 0.684. The van der Waals surface area contributed by atoms with Crippen molar-refractivity contribution in [2.75, 3.05) is 11.1 Å². The number of hydrogen-bond donors (Lipinski definition) is 2. The Morgan fingerprint density at radius 3 is 2.81 bits per heavy atom. The normalized spacial score (nSPS) is 13.8. The molecule has 0 fully saturated rings. The molecule has 4 rings (SSSR count). The number of nitrogens with one attached hydrogen (secondary N) is 1. The van der Waals surface area contributed by atoms with Gasteiger partial charge in [-0.05, 0) is 49.1 Å². The van der Waals surface area contributed by atoms with E-state index in [1.165, 1.54) is 12.1 Å². The number of carbonyl (C=O) groups excluding carboxylic acids is 1. The van der Waals surface area contributed by atoms with Gasteiger partial charge in [-0.3, -0.25) is 4.79 Å². The number of carbonyl (C=O) groups is 1. The van der Waals surface area contributed by atoms with Gasteiger partial charge >= 0.3 is 6.18 Å². The lowest BCUT2D eigenvalue weighted by atomic mass is 10.1. The molecule has 1 amide bonds. The number of amides is 1. The predicted octanol–water partition coefficient (Wildman–Crippen LogP) is 4.64. The van der Waals surface area contributed by atoms with Crippen LogP contribution in [0.3, 0.4) is 0 Å². The lowest BCUT2D eigenvalue weighted by Gasteiger charge is -2.09. The first-order valence-electron chi connectivity index (χ1n) is 8.02. The number of hydrogen-bond acceptors (Lipinski definition) is 4. The summed E-state index contributed by atoms with van der Waals surface area (Å²) < 4.78 is 38.4. The number of anilines is 2. The molecule has 0 saturated carbocycles. The Bertz CT molecular complexity index is 1030. The Hall–Kier alpha value is -2.61. The Morgan fingerprint density at radius 2 is 2.04 bits per heavy atom. The number of benzene rings is 1. The second-order valence-corrected chi connectivity index (χ2v) is 7.18. The van der Waals surface area contributed by atoms with Gasteiger partial charge in [-0.1, -0.05) is 6.07 Å². The minimum absolute atomic E-state index is 0.0668. The maximum absolute atomic E-state index is 12.8. The molecule has 1 aromatic carbocycles. The van der Waals surface area contributed by atoms with E-state index in [1.807, 2.05) is 6.07 Å². The molecule has 0 atom stereocenters. The van der Waals surface area contributed by atoms with Crippen LogP contribution in [0, 0.1) is 0 Å². The van der Waals surface area contributed by atoms with Gasteiger partial charge in [0.25, 0.3) is 5.91 Å². The summed E-state index contributed by atoms with van der Waals surface area (Å²) >= 11 is 1.16. The van der Waals surface area contributed by atoms with Gasteiger partial charge in [0.05, 0.1) is 11.3 Å². The molecule has 2 aromatic heterocycles. The molecular formula is C18H14F3N3OS. The largest absolute Gasteiger partial charge is 0.416 e. The van der Waals surface area contributed by atoms with Crippen molar-refractivity contribution in [2.45, 2.75) is 25.4 Å². The van der Waals surface area contributed by atoms with E-state index in [9.17, 15) is 18.0 Å². The standard InChI is InChI=1S/C18H14F3N3OS/c19-18(20,21)10-4-2-5-11(8-10)23-16(25)15-14(22)12-7-9-3-1-6-13(9)24-17(12)26-15/h2,4-5,7-8H,1,3,6,22H2,(H,23,25). The second kappa shape index (κ2) is 5.98. The Labute approximate surface area is 150 Å². The molecule has 26 heavy (non-hydrogen) atoms. The van der Waals surface area contributed by atoms with E-state index in [1.54, 1.807) is 0 Å². The summed E-state index contributed by atoms with van der Waals surface area (Å²) in [5.41, 5.74) is 7.85. The summed E-state index contributed by atoms with van der Waals surface area (Å²) in [5.74, 6) is -0.537. The van der Waals surface area contributed by atoms with Gasteiger partial charge in [0.2, 0.25) is 0 Å². The van der Waals surface area contributed by atoms with Crippen molar-refractivity contribution < 1.29 is 18.0 Å². The van der Waals surface area contributed by atoms with Crippen LogP contribution in [-0.4, -0.2) is 10.9 Å². The maximum Gasteiger partial charge on any atom is 0.416 e. The molecule has 0 spiro atoms. The van der Waals surface area contributed by atoms with E-state index in [0.717, 1.165) is 59.4 Å². The zero-order valence-electron chi connectivity index (χ0n) is 13.5. The van der Waals surface area contributed by atoms with E-state index in [-0.39, 0.29) is 10.6 Å². The zero-order chi connectivity index (χ0) is 18.5. The number of aromatic nitrogens is 1. The van der Waals surface area contributed by atoms with Gasteiger partial charge in [-0.25, -0.2) is 4.98 Å². The predicted molar refractivity (Wildman–Crippen MR) is 95.5 cm³/mol. The first kappa shape index (κ1) is 16.8. The monoisotopic (exact) mass is 377 g/mol. The molecule has 0 bridgehead atoms. The first-order valence-corrected chi connectivity index (χ1v) is 8.84. The third kappa shape index (κ3) is 2.90. The van der Waals surface area contributed by atoms with Crippen LogP contribution in [-0.2, 0) is 19.0 Å². The molecule has 1 aliphatic carbocycles.